The summed E-state index contributed by atoms with van der Waals surface area (Å²) in [4.78, 5) is 2.18. The van der Waals surface area contributed by atoms with E-state index in [9.17, 15) is 8.42 Å². The van der Waals surface area contributed by atoms with E-state index in [0.29, 0.717) is 12.2 Å². The van der Waals surface area contributed by atoms with Gasteiger partial charge in [-0.25, -0.2) is 8.42 Å². The van der Waals surface area contributed by atoms with E-state index < -0.39 is 10.0 Å². The number of rotatable bonds is 5. The smallest absolute Gasteiger partial charge is 0.234 e. The second kappa shape index (κ2) is 6.56. The Morgan fingerprint density at radius 1 is 1.20 bits per heavy atom. The normalized spacial score (nSPS) is 17.1. The predicted octanol–water partition coefficient (Wildman–Crippen LogP) is 0.950. The minimum absolute atomic E-state index is 0.140. The maximum atomic E-state index is 12.2. The van der Waals surface area contributed by atoms with Gasteiger partial charge in [-0.1, -0.05) is 18.2 Å². The molecular formula is C14H23N3O2S. The predicted molar refractivity (Wildman–Crippen MR) is 82.6 cm³/mol. The molecule has 2 N–H and O–H groups in total. The summed E-state index contributed by atoms with van der Waals surface area (Å²) in [6.45, 7) is 8.12. The minimum atomic E-state index is -3.29. The van der Waals surface area contributed by atoms with Crippen LogP contribution >= 0.6 is 0 Å². The third-order valence-electron chi connectivity index (χ3n) is 3.62. The fourth-order valence-corrected chi connectivity index (χ4v) is 3.60. The number of hydrogen-bond donors (Lipinski definition) is 2. The van der Waals surface area contributed by atoms with Gasteiger partial charge < -0.3 is 5.32 Å². The molecule has 1 fully saturated rings. The van der Waals surface area contributed by atoms with Crippen LogP contribution in [0.4, 0.5) is 5.69 Å². The topological polar surface area (TPSA) is 61.4 Å². The van der Waals surface area contributed by atoms with Crippen LogP contribution in [-0.2, 0) is 10.0 Å². The first-order valence-electron chi connectivity index (χ1n) is 6.98. The van der Waals surface area contributed by atoms with Gasteiger partial charge in [0.05, 0.1) is 11.4 Å². The summed E-state index contributed by atoms with van der Waals surface area (Å²) in [7, 11) is -3.29. The van der Waals surface area contributed by atoms with Gasteiger partial charge in [-0.15, -0.1) is 0 Å². The zero-order valence-electron chi connectivity index (χ0n) is 12.1. The van der Waals surface area contributed by atoms with E-state index in [1.807, 2.05) is 32.0 Å². The molecule has 0 bridgehead atoms. The van der Waals surface area contributed by atoms with E-state index in [-0.39, 0.29) is 5.75 Å². The van der Waals surface area contributed by atoms with Gasteiger partial charge in [-0.2, -0.15) is 0 Å². The van der Waals surface area contributed by atoms with Crippen molar-refractivity contribution in [1.82, 2.24) is 10.2 Å². The molecule has 6 heteroatoms. The largest absolute Gasteiger partial charge is 0.314 e. The molecule has 0 saturated carbocycles. The fourth-order valence-electron chi connectivity index (χ4n) is 2.37. The number of piperazine rings is 1. The van der Waals surface area contributed by atoms with Gasteiger partial charge in [0.2, 0.25) is 10.0 Å². The SMILES string of the molecule is Cc1cccc(C)c1NS(=O)(=O)CCN1CCNCC1. The Balaban J connectivity index is 1.96. The van der Waals surface area contributed by atoms with Crippen LogP contribution in [0.1, 0.15) is 11.1 Å². The van der Waals surface area contributed by atoms with Gasteiger partial charge in [0.25, 0.3) is 0 Å². The van der Waals surface area contributed by atoms with Crippen LogP contribution in [0.2, 0.25) is 0 Å². The van der Waals surface area contributed by atoms with Crippen LogP contribution in [-0.4, -0.2) is 51.8 Å². The lowest BCUT2D eigenvalue weighted by Gasteiger charge is -2.27. The highest BCUT2D eigenvalue weighted by Gasteiger charge is 2.16. The van der Waals surface area contributed by atoms with Crippen molar-refractivity contribution >= 4 is 15.7 Å². The van der Waals surface area contributed by atoms with Crippen LogP contribution in [0.15, 0.2) is 18.2 Å². The molecule has 1 aliphatic rings. The molecule has 112 valence electrons. The molecule has 2 rings (SSSR count). The lowest BCUT2D eigenvalue weighted by molar-refractivity contribution is 0.254. The Kier molecular flexibility index (Phi) is 5.01. The van der Waals surface area contributed by atoms with Gasteiger partial charge in [-0.05, 0) is 25.0 Å². The number of sulfonamides is 1. The van der Waals surface area contributed by atoms with Crippen molar-refractivity contribution < 1.29 is 8.42 Å². The zero-order chi connectivity index (χ0) is 14.6. The van der Waals surface area contributed by atoms with Crippen LogP contribution in [0, 0.1) is 13.8 Å². The summed E-state index contributed by atoms with van der Waals surface area (Å²) >= 11 is 0. The number of para-hydroxylation sites is 1. The van der Waals surface area contributed by atoms with Gasteiger partial charge in [0.1, 0.15) is 0 Å². The Bertz CT molecular complexity index is 531. The lowest BCUT2D eigenvalue weighted by atomic mass is 10.1. The maximum absolute atomic E-state index is 12.2. The first-order valence-corrected chi connectivity index (χ1v) is 8.63. The summed E-state index contributed by atoms with van der Waals surface area (Å²) in [5, 5.41) is 3.26. The molecule has 1 aromatic rings. The Labute approximate surface area is 121 Å². The van der Waals surface area contributed by atoms with Gasteiger partial charge in [0.15, 0.2) is 0 Å². The van der Waals surface area contributed by atoms with Crippen molar-refractivity contribution in [1.29, 1.82) is 0 Å². The van der Waals surface area contributed by atoms with Crippen molar-refractivity contribution in [3.05, 3.63) is 29.3 Å². The van der Waals surface area contributed by atoms with Crippen LogP contribution in [0.25, 0.3) is 0 Å². The third-order valence-corrected chi connectivity index (χ3v) is 4.86. The average molecular weight is 297 g/mol. The van der Waals surface area contributed by atoms with Gasteiger partial charge in [0, 0.05) is 32.7 Å². The lowest BCUT2D eigenvalue weighted by Crippen LogP contribution is -2.45. The number of nitrogens with one attached hydrogen (secondary N) is 2. The standard InChI is InChI=1S/C14H23N3O2S/c1-12-4-3-5-13(2)14(12)16-20(18,19)11-10-17-8-6-15-7-9-17/h3-5,15-16H,6-11H2,1-2H3. The van der Waals surface area contributed by atoms with Crippen molar-refractivity contribution in [3.8, 4) is 0 Å². The van der Waals surface area contributed by atoms with E-state index >= 15 is 0 Å². The Morgan fingerprint density at radius 2 is 1.80 bits per heavy atom. The molecule has 0 unspecified atom stereocenters. The summed E-state index contributed by atoms with van der Waals surface area (Å²) in [5.74, 6) is 0.140. The molecule has 20 heavy (non-hydrogen) atoms. The molecule has 0 radical (unpaired) electrons. The summed E-state index contributed by atoms with van der Waals surface area (Å²) in [6.07, 6.45) is 0. The van der Waals surface area contributed by atoms with E-state index in [1.165, 1.54) is 0 Å². The quantitative estimate of drug-likeness (QED) is 0.849. The molecule has 1 heterocycles. The number of benzene rings is 1. The summed E-state index contributed by atoms with van der Waals surface area (Å²) < 4.78 is 27.1. The fraction of sp³-hybridized carbons (Fsp3) is 0.571. The summed E-state index contributed by atoms with van der Waals surface area (Å²) in [5.41, 5.74) is 2.62. The highest BCUT2D eigenvalue weighted by molar-refractivity contribution is 7.92. The molecule has 0 atom stereocenters. The van der Waals surface area contributed by atoms with Gasteiger partial charge in [-0.3, -0.25) is 9.62 Å². The van der Waals surface area contributed by atoms with Crippen LogP contribution in [0.3, 0.4) is 0 Å². The Hall–Kier alpha value is -1.11. The second-order valence-corrected chi connectivity index (χ2v) is 7.12. The first kappa shape index (κ1) is 15.3. The molecular weight excluding hydrogens is 274 g/mol. The van der Waals surface area contributed by atoms with E-state index in [2.05, 4.69) is 14.9 Å². The number of aryl methyl sites for hydroxylation is 2. The molecule has 1 aromatic carbocycles. The van der Waals surface area contributed by atoms with Crippen molar-refractivity contribution in [2.45, 2.75) is 13.8 Å². The maximum Gasteiger partial charge on any atom is 0.234 e. The molecule has 0 amide bonds. The molecule has 1 saturated heterocycles. The van der Waals surface area contributed by atoms with Crippen molar-refractivity contribution in [2.75, 3.05) is 43.2 Å². The average Bonchev–Trinajstić information content (AvgIpc) is 2.42. The summed E-state index contributed by atoms with van der Waals surface area (Å²) in [6, 6.07) is 5.77. The van der Waals surface area contributed by atoms with E-state index in [4.69, 9.17) is 0 Å². The van der Waals surface area contributed by atoms with E-state index in [1.54, 1.807) is 0 Å². The molecule has 0 spiro atoms. The zero-order valence-corrected chi connectivity index (χ0v) is 13.0. The molecule has 5 nitrogen and oxygen atoms in total. The molecule has 1 aliphatic heterocycles. The second-order valence-electron chi connectivity index (χ2n) is 5.28. The Morgan fingerprint density at radius 3 is 2.40 bits per heavy atom. The van der Waals surface area contributed by atoms with E-state index in [0.717, 1.165) is 37.3 Å². The van der Waals surface area contributed by atoms with Crippen LogP contribution < -0.4 is 10.0 Å². The van der Waals surface area contributed by atoms with Gasteiger partial charge >= 0.3 is 0 Å². The molecule has 0 aromatic heterocycles. The van der Waals surface area contributed by atoms with Crippen LogP contribution in [0.5, 0.6) is 0 Å². The highest BCUT2D eigenvalue weighted by Crippen LogP contribution is 2.20. The molecule has 0 aliphatic carbocycles. The van der Waals surface area contributed by atoms with Crippen molar-refractivity contribution in [3.63, 3.8) is 0 Å². The number of nitrogens with zero attached hydrogens (tertiary/aromatic N) is 1. The first-order chi connectivity index (χ1) is 9.48. The monoisotopic (exact) mass is 297 g/mol. The van der Waals surface area contributed by atoms with Crippen molar-refractivity contribution in [2.24, 2.45) is 0 Å². The third kappa shape index (κ3) is 4.19. The number of hydrogen-bond acceptors (Lipinski definition) is 4. The number of anilines is 1. The minimum Gasteiger partial charge on any atom is -0.314 e. The highest BCUT2D eigenvalue weighted by atomic mass is 32.2.